The maximum absolute atomic E-state index is 12.8. The molecule has 0 aliphatic carbocycles. The quantitative estimate of drug-likeness (QED) is 0.639. The molecule has 6 heteroatoms. The third kappa shape index (κ3) is 6.92. The number of nitrogens with one attached hydrogen (secondary N) is 1. The number of nitrogens with zero attached hydrogens (tertiary/aromatic N) is 1. The number of halogens is 1. The number of likely N-dealkylation sites (N-methyl/N-ethyl adjacent to an activating group) is 1. The Morgan fingerprint density at radius 2 is 1.74 bits per heavy atom. The minimum atomic E-state index is -0.530. The first kappa shape index (κ1) is 21.3. The predicted molar refractivity (Wildman–Crippen MR) is 113 cm³/mol. The normalized spacial score (nSPS) is 11.7. The highest BCUT2D eigenvalue weighted by Crippen LogP contribution is 2.17. The number of benzene rings is 2. The molecule has 0 aliphatic rings. The van der Waals surface area contributed by atoms with E-state index in [4.69, 9.17) is 11.6 Å². The fourth-order valence-corrected chi connectivity index (χ4v) is 3.66. The number of hydrogen-bond donors (Lipinski definition) is 1. The number of thioether (sulfide) groups is 1. The largest absolute Gasteiger partial charge is 0.357 e. The van der Waals surface area contributed by atoms with E-state index < -0.39 is 6.04 Å². The van der Waals surface area contributed by atoms with Crippen LogP contribution in [0.3, 0.4) is 0 Å². The van der Waals surface area contributed by atoms with Crippen molar-refractivity contribution in [3.8, 4) is 0 Å². The highest BCUT2D eigenvalue weighted by Gasteiger charge is 2.25. The predicted octanol–water partition coefficient (Wildman–Crippen LogP) is 4.13. The monoisotopic (exact) mass is 404 g/mol. The van der Waals surface area contributed by atoms with Gasteiger partial charge in [-0.3, -0.25) is 9.59 Å². The summed E-state index contributed by atoms with van der Waals surface area (Å²) < 4.78 is 0. The lowest BCUT2D eigenvalue weighted by molar-refractivity contribution is -0.140. The minimum absolute atomic E-state index is 0.0263. The van der Waals surface area contributed by atoms with E-state index in [1.165, 1.54) is 5.56 Å². The van der Waals surface area contributed by atoms with Gasteiger partial charge in [0.1, 0.15) is 6.04 Å². The molecule has 1 atom stereocenters. The second-order valence-electron chi connectivity index (χ2n) is 6.23. The fourth-order valence-electron chi connectivity index (χ4n) is 2.65. The van der Waals surface area contributed by atoms with E-state index in [0.717, 1.165) is 11.3 Å². The van der Waals surface area contributed by atoms with Crippen LogP contribution in [0.25, 0.3) is 0 Å². The average molecular weight is 405 g/mol. The van der Waals surface area contributed by atoms with Crippen LogP contribution in [0.2, 0.25) is 5.02 Å². The Morgan fingerprint density at radius 1 is 1.07 bits per heavy atom. The molecule has 0 aromatic heterocycles. The first-order chi connectivity index (χ1) is 13.0. The second-order valence-corrected chi connectivity index (χ2v) is 7.77. The number of carbonyl (C=O) groups excluding carboxylic acids is 2. The molecule has 2 aromatic carbocycles. The molecule has 1 N–H and O–H groups in total. The third-order valence-corrected chi connectivity index (χ3v) is 5.53. The van der Waals surface area contributed by atoms with E-state index >= 15 is 0 Å². The summed E-state index contributed by atoms with van der Waals surface area (Å²) in [5.74, 6) is 1.39. The first-order valence-corrected chi connectivity index (χ1v) is 10.4. The van der Waals surface area contributed by atoms with Gasteiger partial charge in [0.05, 0.1) is 0 Å². The summed E-state index contributed by atoms with van der Waals surface area (Å²) in [5, 5.41) is 3.27. The van der Waals surface area contributed by atoms with Crippen LogP contribution in [-0.4, -0.2) is 35.6 Å². The summed E-state index contributed by atoms with van der Waals surface area (Å²) in [6.07, 6.45) is 0.395. The fraction of sp³-hybridized carbons (Fsp3) is 0.333. The van der Waals surface area contributed by atoms with Gasteiger partial charge in [-0.2, -0.15) is 11.8 Å². The van der Waals surface area contributed by atoms with Crippen LogP contribution in [0.1, 0.15) is 24.5 Å². The van der Waals surface area contributed by atoms with Gasteiger partial charge in [0.25, 0.3) is 0 Å². The van der Waals surface area contributed by atoms with Crippen LogP contribution >= 0.6 is 23.4 Å². The van der Waals surface area contributed by atoms with Crippen molar-refractivity contribution in [2.45, 2.75) is 31.7 Å². The summed E-state index contributed by atoms with van der Waals surface area (Å²) in [6.45, 7) is 2.14. The van der Waals surface area contributed by atoms with Gasteiger partial charge in [-0.1, -0.05) is 54.1 Å². The Kier molecular flexibility index (Phi) is 8.69. The van der Waals surface area contributed by atoms with Gasteiger partial charge in [0, 0.05) is 36.5 Å². The minimum Gasteiger partial charge on any atom is -0.357 e. The standard InChI is InChI=1S/C21H25ClN2O2S/c1-16(21(26)23-2)24(14-17-8-10-19(22)11-9-17)20(25)12-13-27-15-18-6-4-3-5-7-18/h3-11,16H,12-15H2,1-2H3,(H,23,26)/t16-/m1/s1. The Bertz CT molecular complexity index is 738. The molecule has 0 unspecified atom stereocenters. The summed E-state index contributed by atoms with van der Waals surface area (Å²) in [5.41, 5.74) is 2.19. The van der Waals surface area contributed by atoms with Crippen LogP contribution in [0.5, 0.6) is 0 Å². The lowest BCUT2D eigenvalue weighted by Gasteiger charge is -2.28. The first-order valence-electron chi connectivity index (χ1n) is 8.88. The topological polar surface area (TPSA) is 49.4 Å². The van der Waals surface area contributed by atoms with E-state index in [2.05, 4.69) is 17.4 Å². The van der Waals surface area contributed by atoms with Crippen molar-refractivity contribution >= 4 is 35.2 Å². The molecule has 0 aliphatic heterocycles. The van der Waals surface area contributed by atoms with Gasteiger partial charge >= 0.3 is 0 Å². The van der Waals surface area contributed by atoms with Gasteiger partial charge < -0.3 is 10.2 Å². The zero-order chi connectivity index (χ0) is 19.6. The number of amides is 2. The Hall–Kier alpha value is -1.98. The average Bonchev–Trinajstić information content (AvgIpc) is 2.70. The van der Waals surface area contributed by atoms with Crippen molar-refractivity contribution in [3.05, 3.63) is 70.7 Å². The molecule has 0 fully saturated rings. The molecular formula is C21H25ClN2O2S. The Morgan fingerprint density at radius 3 is 2.37 bits per heavy atom. The van der Waals surface area contributed by atoms with E-state index in [0.29, 0.717) is 23.7 Å². The Labute approximate surface area is 170 Å². The smallest absolute Gasteiger partial charge is 0.242 e. The molecule has 2 aromatic rings. The van der Waals surface area contributed by atoms with Crippen LogP contribution in [0, 0.1) is 0 Å². The second kappa shape index (κ2) is 11.0. The van der Waals surface area contributed by atoms with E-state index in [1.54, 1.807) is 42.8 Å². The zero-order valence-electron chi connectivity index (χ0n) is 15.7. The van der Waals surface area contributed by atoms with E-state index in [1.807, 2.05) is 30.3 Å². The molecule has 0 saturated carbocycles. The zero-order valence-corrected chi connectivity index (χ0v) is 17.2. The van der Waals surface area contributed by atoms with Gasteiger partial charge in [-0.25, -0.2) is 0 Å². The molecule has 0 saturated heterocycles. The molecule has 0 radical (unpaired) electrons. The number of carbonyl (C=O) groups is 2. The Balaban J connectivity index is 1.95. The summed E-state index contributed by atoms with van der Waals surface area (Å²) in [4.78, 5) is 26.5. The maximum Gasteiger partial charge on any atom is 0.242 e. The SMILES string of the molecule is CNC(=O)[C@@H](C)N(Cc1ccc(Cl)cc1)C(=O)CCSCc1ccccc1. The van der Waals surface area contributed by atoms with Crippen molar-refractivity contribution in [3.63, 3.8) is 0 Å². The lowest BCUT2D eigenvalue weighted by Crippen LogP contribution is -2.46. The highest BCUT2D eigenvalue weighted by atomic mass is 35.5. The van der Waals surface area contributed by atoms with Crippen molar-refractivity contribution in [2.75, 3.05) is 12.8 Å². The van der Waals surface area contributed by atoms with E-state index in [9.17, 15) is 9.59 Å². The number of rotatable bonds is 9. The van der Waals surface area contributed by atoms with Crippen LogP contribution in [0.15, 0.2) is 54.6 Å². The van der Waals surface area contributed by atoms with Gasteiger partial charge in [0.15, 0.2) is 0 Å². The van der Waals surface area contributed by atoms with Crippen molar-refractivity contribution in [2.24, 2.45) is 0 Å². The van der Waals surface area contributed by atoms with Crippen molar-refractivity contribution < 1.29 is 9.59 Å². The molecule has 2 rings (SSSR count). The highest BCUT2D eigenvalue weighted by molar-refractivity contribution is 7.98. The summed E-state index contributed by atoms with van der Waals surface area (Å²) >= 11 is 7.65. The van der Waals surface area contributed by atoms with Crippen LogP contribution in [0.4, 0.5) is 0 Å². The number of hydrogen-bond acceptors (Lipinski definition) is 3. The maximum atomic E-state index is 12.8. The summed E-state index contributed by atoms with van der Waals surface area (Å²) in [6, 6.07) is 17.0. The van der Waals surface area contributed by atoms with Crippen LogP contribution < -0.4 is 5.32 Å². The van der Waals surface area contributed by atoms with Crippen molar-refractivity contribution in [1.82, 2.24) is 10.2 Å². The van der Waals surface area contributed by atoms with Crippen molar-refractivity contribution in [1.29, 1.82) is 0 Å². The van der Waals surface area contributed by atoms with E-state index in [-0.39, 0.29) is 11.8 Å². The molecule has 2 amide bonds. The molecule has 4 nitrogen and oxygen atoms in total. The molecular weight excluding hydrogens is 380 g/mol. The molecule has 0 spiro atoms. The van der Waals surface area contributed by atoms with Crippen LogP contribution in [-0.2, 0) is 21.9 Å². The van der Waals surface area contributed by atoms with Gasteiger partial charge in [0.2, 0.25) is 11.8 Å². The molecule has 0 heterocycles. The molecule has 144 valence electrons. The molecule has 27 heavy (non-hydrogen) atoms. The van der Waals surface area contributed by atoms with Gasteiger partial charge in [-0.15, -0.1) is 0 Å². The van der Waals surface area contributed by atoms with Gasteiger partial charge in [-0.05, 0) is 30.2 Å². The third-order valence-electron chi connectivity index (χ3n) is 4.25. The molecule has 0 bridgehead atoms. The lowest BCUT2D eigenvalue weighted by atomic mass is 10.1. The summed E-state index contributed by atoms with van der Waals surface area (Å²) in [7, 11) is 1.58.